The van der Waals surface area contributed by atoms with Gasteiger partial charge in [0.1, 0.15) is 23.2 Å². The molecule has 0 bridgehead atoms. The molecule has 1 unspecified atom stereocenters. The van der Waals surface area contributed by atoms with Crippen molar-refractivity contribution < 1.29 is 26.2 Å². The van der Waals surface area contributed by atoms with Gasteiger partial charge in [-0.15, -0.1) is 3.89 Å². The summed E-state index contributed by atoms with van der Waals surface area (Å²) in [6, 6.07) is 7.88. The van der Waals surface area contributed by atoms with Gasteiger partial charge >= 0.3 is 10.2 Å². The molecule has 1 amide bonds. The van der Waals surface area contributed by atoms with Crippen LogP contribution in [0.15, 0.2) is 41.3 Å². The first-order chi connectivity index (χ1) is 15.1. The second kappa shape index (κ2) is 8.32. The summed E-state index contributed by atoms with van der Waals surface area (Å²) in [7, 11) is -4.77. The minimum atomic E-state index is -4.77. The fraction of sp³-hybridized carbons (Fsp3) is 0.409. The Morgan fingerprint density at radius 1 is 1.28 bits per heavy atom. The van der Waals surface area contributed by atoms with Crippen LogP contribution in [0.4, 0.5) is 19.7 Å². The van der Waals surface area contributed by atoms with Crippen LogP contribution in [-0.4, -0.2) is 45.0 Å². The van der Waals surface area contributed by atoms with Crippen molar-refractivity contribution in [2.75, 3.05) is 30.3 Å². The summed E-state index contributed by atoms with van der Waals surface area (Å²) < 4.78 is 55.5. The molecule has 1 saturated heterocycles. The van der Waals surface area contributed by atoms with E-state index in [9.17, 15) is 21.5 Å². The van der Waals surface area contributed by atoms with Crippen molar-refractivity contribution in [3.05, 3.63) is 47.8 Å². The van der Waals surface area contributed by atoms with Crippen molar-refractivity contribution in [3.63, 3.8) is 0 Å². The molecule has 32 heavy (non-hydrogen) atoms. The Morgan fingerprint density at radius 2 is 2.00 bits per heavy atom. The maximum atomic E-state index is 14.4. The van der Waals surface area contributed by atoms with Crippen LogP contribution in [0, 0.1) is 5.82 Å². The third-order valence-corrected chi connectivity index (χ3v) is 6.93. The maximum Gasteiger partial charge on any atom is 0.332 e. The number of fused-ring (bicyclic) bond motifs is 1. The van der Waals surface area contributed by atoms with Crippen molar-refractivity contribution in [1.82, 2.24) is 4.90 Å². The number of amides is 1. The number of halogens is 2. The highest BCUT2D eigenvalue weighted by Crippen LogP contribution is 2.45. The standard InChI is InChI=1S/C22H25F2N3O4S/c1-3-25-19-12-14(23)11-18-20(19)26-21(28)22(18,2)27-10-4-5-16(13-27)31-15-6-8-17(9-7-15)32(24,29)30/h6-9,11-12,16,25H,3-5,10,13H2,1-2H3,(H,26,28)/t16?,22-/m1/s1. The number of nitrogens with one attached hydrogen (secondary N) is 2. The van der Waals surface area contributed by atoms with Crippen molar-refractivity contribution in [3.8, 4) is 5.75 Å². The minimum absolute atomic E-state index is 0.226. The highest BCUT2D eigenvalue weighted by molar-refractivity contribution is 7.86. The van der Waals surface area contributed by atoms with Crippen LogP contribution in [0.5, 0.6) is 5.75 Å². The molecule has 0 spiro atoms. The van der Waals surface area contributed by atoms with Crippen LogP contribution < -0.4 is 15.4 Å². The molecule has 1 fully saturated rings. The summed E-state index contributed by atoms with van der Waals surface area (Å²) in [4.78, 5) is 14.6. The molecule has 2 atom stereocenters. The van der Waals surface area contributed by atoms with Gasteiger partial charge in [-0.25, -0.2) is 4.39 Å². The Bertz CT molecular complexity index is 1140. The van der Waals surface area contributed by atoms with Crippen LogP contribution in [0.3, 0.4) is 0 Å². The SMILES string of the molecule is CCNc1cc(F)cc2c1NC(=O)[C@]2(C)N1CCCC(Oc2ccc(S(=O)(=O)F)cc2)C1. The van der Waals surface area contributed by atoms with Crippen molar-refractivity contribution in [2.45, 2.75) is 43.2 Å². The number of anilines is 2. The molecule has 7 nitrogen and oxygen atoms in total. The summed E-state index contributed by atoms with van der Waals surface area (Å²) in [5.41, 5.74) is 0.659. The molecule has 2 aliphatic rings. The summed E-state index contributed by atoms with van der Waals surface area (Å²) >= 11 is 0. The molecule has 0 saturated carbocycles. The average Bonchev–Trinajstić information content (AvgIpc) is 3.00. The van der Waals surface area contributed by atoms with Crippen LogP contribution >= 0.6 is 0 Å². The minimum Gasteiger partial charge on any atom is -0.489 e. The fourth-order valence-electron chi connectivity index (χ4n) is 4.44. The Hall–Kier alpha value is -2.72. The first-order valence-electron chi connectivity index (χ1n) is 10.5. The number of carbonyl (C=O) groups is 1. The van der Waals surface area contributed by atoms with Gasteiger partial charge in [-0.05, 0) is 69.6 Å². The lowest BCUT2D eigenvalue weighted by atomic mass is 9.88. The highest BCUT2D eigenvalue weighted by Gasteiger charge is 2.49. The normalized spacial score (nSPS) is 23.5. The lowest BCUT2D eigenvalue weighted by molar-refractivity contribution is -0.128. The monoisotopic (exact) mass is 465 g/mol. The number of carbonyl (C=O) groups excluding carboxylic acids is 1. The van der Waals surface area contributed by atoms with Gasteiger partial charge in [0.05, 0.1) is 16.3 Å². The smallest absolute Gasteiger partial charge is 0.332 e. The predicted molar refractivity (Wildman–Crippen MR) is 117 cm³/mol. The highest BCUT2D eigenvalue weighted by atomic mass is 32.3. The molecule has 4 rings (SSSR count). The van der Waals surface area contributed by atoms with E-state index in [2.05, 4.69) is 10.6 Å². The summed E-state index contributed by atoms with van der Waals surface area (Å²) in [5, 5.41) is 6.01. The largest absolute Gasteiger partial charge is 0.489 e. The second-order valence-electron chi connectivity index (χ2n) is 8.17. The van der Waals surface area contributed by atoms with E-state index in [1.165, 1.54) is 24.3 Å². The van der Waals surface area contributed by atoms with Gasteiger partial charge in [-0.1, -0.05) is 0 Å². The number of hydrogen-bond acceptors (Lipinski definition) is 6. The van der Waals surface area contributed by atoms with Crippen LogP contribution in [-0.2, 0) is 20.6 Å². The topological polar surface area (TPSA) is 87.7 Å². The Balaban J connectivity index is 1.57. The van der Waals surface area contributed by atoms with E-state index in [0.717, 1.165) is 25.0 Å². The van der Waals surface area contributed by atoms with Gasteiger partial charge in [-0.2, -0.15) is 8.42 Å². The summed E-state index contributed by atoms with van der Waals surface area (Å²) in [5.74, 6) is -0.239. The molecule has 172 valence electrons. The van der Waals surface area contributed by atoms with Gasteiger partial charge in [-0.3, -0.25) is 9.69 Å². The Kier molecular flexibility index (Phi) is 5.85. The van der Waals surface area contributed by atoms with Gasteiger partial charge in [0.25, 0.3) is 0 Å². The van der Waals surface area contributed by atoms with Gasteiger partial charge in [0.15, 0.2) is 0 Å². The third kappa shape index (κ3) is 4.04. The first-order valence-corrected chi connectivity index (χ1v) is 11.9. The molecule has 2 heterocycles. The van der Waals surface area contributed by atoms with Crippen LogP contribution in [0.2, 0.25) is 0 Å². The molecule has 2 N–H and O–H groups in total. The molecular weight excluding hydrogens is 440 g/mol. The van der Waals surface area contributed by atoms with Crippen LogP contribution in [0.1, 0.15) is 32.3 Å². The summed E-state index contributed by atoms with van der Waals surface area (Å²) in [6.07, 6.45) is 1.22. The Labute approximate surface area is 186 Å². The van der Waals surface area contributed by atoms with Gasteiger partial charge in [0, 0.05) is 18.7 Å². The zero-order valence-corrected chi connectivity index (χ0v) is 18.6. The molecule has 10 heteroatoms. The van der Waals surface area contributed by atoms with E-state index in [1.54, 1.807) is 6.92 Å². The zero-order chi connectivity index (χ0) is 23.1. The maximum absolute atomic E-state index is 14.4. The molecule has 2 aliphatic heterocycles. The van der Waals surface area contributed by atoms with Crippen molar-refractivity contribution in [2.24, 2.45) is 0 Å². The number of likely N-dealkylation sites (tertiary alicyclic amines) is 1. The molecular formula is C22H25F2N3O4S. The lowest BCUT2D eigenvalue weighted by Crippen LogP contribution is -2.54. The quantitative estimate of drug-likeness (QED) is 0.634. The van der Waals surface area contributed by atoms with Gasteiger partial charge in [0.2, 0.25) is 5.91 Å². The number of hydrogen-bond donors (Lipinski definition) is 2. The van der Waals surface area contributed by atoms with E-state index in [4.69, 9.17) is 4.74 Å². The van der Waals surface area contributed by atoms with E-state index in [1.807, 2.05) is 11.8 Å². The summed E-state index contributed by atoms with van der Waals surface area (Å²) in [6.45, 7) is 5.32. The molecule has 2 aromatic rings. The molecule has 0 radical (unpaired) electrons. The number of nitrogens with zero attached hydrogens (tertiary/aromatic N) is 1. The average molecular weight is 466 g/mol. The lowest BCUT2D eigenvalue weighted by Gasteiger charge is -2.42. The number of rotatable bonds is 6. The van der Waals surface area contributed by atoms with E-state index >= 15 is 0 Å². The molecule has 0 aromatic heterocycles. The fourth-order valence-corrected chi connectivity index (χ4v) is 4.90. The molecule has 0 aliphatic carbocycles. The number of ether oxygens (including phenoxy) is 1. The number of benzene rings is 2. The Morgan fingerprint density at radius 3 is 2.66 bits per heavy atom. The van der Waals surface area contributed by atoms with E-state index in [0.29, 0.717) is 42.3 Å². The van der Waals surface area contributed by atoms with Crippen molar-refractivity contribution >= 4 is 27.5 Å². The zero-order valence-electron chi connectivity index (χ0n) is 17.8. The first kappa shape index (κ1) is 22.5. The second-order valence-corrected chi connectivity index (χ2v) is 9.52. The number of piperidine rings is 1. The van der Waals surface area contributed by atoms with Gasteiger partial charge < -0.3 is 15.4 Å². The molecule has 2 aromatic carbocycles. The van der Waals surface area contributed by atoms with E-state index < -0.39 is 26.5 Å². The predicted octanol–water partition coefficient (Wildman–Crippen LogP) is 3.63. The van der Waals surface area contributed by atoms with Crippen molar-refractivity contribution in [1.29, 1.82) is 0 Å². The third-order valence-electron chi connectivity index (χ3n) is 6.09. The van der Waals surface area contributed by atoms with E-state index in [-0.39, 0.29) is 12.0 Å². The van der Waals surface area contributed by atoms with Crippen LogP contribution in [0.25, 0.3) is 0 Å².